The van der Waals surface area contributed by atoms with E-state index in [9.17, 15) is 5.11 Å². The van der Waals surface area contributed by atoms with E-state index in [2.05, 4.69) is 20.7 Å². The van der Waals surface area contributed by atoms with Crippen molar-refractivity contribution in [2.24, 2.45) is 5.84 Å². The zero-order chi connectivity index (χ0) is 14.1. The Morgan fingerprint density at radius 2 is 2.11 bits per heavy atom. The van der Waals surface area contributed by atoms with Crippen LogP contribution in [0.2, 0.25) is 0 Å². The Hall–Kier alpha value is -1.44. The monoisotopic (exact) mass is 269 g/mol. The molecule has 1 aromatic rings. The second-order valence-electron chi connectivity index (χ2n) is 4.16. The molecule has 0 amide bonds. The number of ether oxygens (including phenoxy) is 1. The molecule has 1 aromatic heterocycles. The summed E-state index contributed by atoms with van der Waals surface area (Å²) in [5.74, 6) is 7.04. The molecule has 0 saturated heterocycles. The van der Waals surface area contributed by atoms with E-state index in [4.69, 9.17) is 10.6 Å². The van der Waals surface area contributed by atoms with E-state index in [1.54, 1.807) is 6.07 Å². The number of aliphatic hydroxyl groups excluding tert-OH is 1. The molecule has 108 valence electrons. The average molecular weight is 269 g/mol. The average Bonchev–Trinajstić information content (AvgIpc) is 2.43. The first kappa shape index (κ1) is 15.6. The smallest absolute Gasteiger partial charge is 0.158 e. The third kappa shape index (κ3) is 5.82. The van der Waals surface area contributed by atoms with Gasteiger partial charge in [0.1, 0.15) is 18.2 Å². The predicted molar refractivity (Wildman–Crippen MR) is 74.6 cm³/mol. The molecule has 0 bridgehead atoms. The zero-order valence-corrected chi connectivity index (χ0v) is 11.5. The molecule has 0 aliphatic heterocycles. The van der Waals surface area contributed by atoms with E-state index in [1.807, 2.05) is 13.8 Å². The first-order valence-corrected chi connectivity index (χ1v) is 6.53. The first-order valence-electron chi connectivity index (χ1n) is 6.53. The summed E-state index contributed by atoms with van der Waals surface area (Å²) in [6.45, 7) is 5.32. The normalized spacial score (nSPS) is 12.2. The van der Waals surface area contributed by atoms with Gasteiger partial charge in [0.25, 0.3) is 0 Å². The first-order chi connectivity index (χ1) is 9.19. The van der Waals surface area contributed by atoms with Crippen molar-refractivity contribution in [2.45, 2.75) is 39.4 Å². The zero-order valence-electron chi connectivity index (χ0n) is 11.5. The second kappa shape index (κ2) is 8.63. The molecule has 0 fully saturated rings. The molecule has 0 radical (unpaired) electrons. The van der Waals surface area contributed by atoms with Crippen molar-refractivity contribution in [2.75, 3.05) is 23.9 Å². The van der Waals surface area contributed by atoms with E-state index >= 15 is 0 Å². The number of nitrogens with one attached hydrogen (secondary N) is 2. The molecule has 0 spiro atoms. The molecule has 1 unspecified atom stereocenters. The summed E-state index contributed by atoms with van der Waals surface area (Å²) in [4.78, 5) is 8.48. The van der Waals surface area contributed by atoms with Gasteiger partial charge in [-0.2, -0.15) is 0 Å². The Morgan fingerprint density at radius 3 is 2.74 bits per heavy atom. The Balaban J connectivity index is 2.65. The number of rotatable bonds is 9. The Bertz CT molecular complexity index is 375. The molecular formula is C12H23N5O2. The molecule has 1 heterocycles. The maximum Gasteiger partial charge on any atom is 0.158 e. The molecule has 19 heavy (non-hydrogen) atoms. The highest BCUT2D eigenvalue weighted by Gasteiger charge is 2.06. The van der Waals surface area contributed by atoms with Crippen LogP contribution < -0.4 is 16.6 Å². The molecule has 5 N–H and O–H groups in total. The van der Waals surface area contributed by atoms with Crippen molar-refractivity contribution in [3.05, 3.63) is 11.9 Å². The number of anilines is 2. The van der Waals surface area contributed by atoms with Crippen LogP contribution in [-0.4, -0.2) is 34.3 Å². The van der Waals surface area contributed by atoms with Crippen LogP contribution in [0.1, 0.15) is 32.5 Å². The molecule has 0 aliphatic carbocycles. The number of nitrogens with two attached hydrogens (primary N) is 1. The van der Waals surface area contributed by atoms with Crippen LogP contribution in [0.4, 0.5) is 11.6 Å². The molecule has 7 nitrogen and oxygen atoms in total. The van der Waals surface area contributed by atoms with Gasteiger partial charge in [-0.15, -0.1) is 0 Å². The molecule has 1 atom stereocenters. The van der Waals surface area contributed by atoms with Gasteiger partial charge in [-0.3, -0.25) is 0 Å². The van der Waals surface area contributed by atoms with Crippen molar-refractivity contribution >= 4 is 11.6 Å². The molecule has 1 rings (SSSR count). The number of nitrogens with zero attached hydrogens (tertiary/aromatic N) is 2. The van der Waals surface area contributed by atoms with Crippen LogP contribution in [0, 0.1) is 0 Å². The maximum atomic E-state index is 9.68. The van der Waals surface area contributed by atoms with Gasteiger partial charge in [0.2, 0.25) is 0 Å². The lowest BCUT2D eigenvalue weighted by Gasteiger charge is -2.13. The van der Waals surface area contributed by atoms with Crippen molar-refractivity contribution in [1.29, 1.82) is 0 Å². The fourth-order valence-electron chi connectivity index (χ4n) is 1.58. The minimum atomic E-state index is -0.385. The minimum Gasteiger partial charge on any atom is -0.391 e. The molecule has 0 aromatic carbocycles. The van der Waals surface area contributed by atoms with Crippen LogP contribution in [-0.2, 0) is 11.3 Å². The lowest BCUT2D eigenvalue weighted by molar-refractivity contribution is 0.128. The Labute approximate surface area is 113 Å². The highest BCUT2D eigenvalue weighted by Crippen LogP contribution is 2.11. The minimum absolute atomic E-state index is 0.332. The van der Waals surface area contributed by atoms with E-state index < -0.39 is 0 Å². The summed E-state index contributed by atoms with van der Waals surface area (Å²) < 4.78 is 5.27. The summed E-state index contributed by atoms with van der Waals surface area (Å²) >= 11 is 0. The highest BCUT2D eigenvalue weighted by molar-refractivity contribution is 5.46. The summed E-state index contributed by atoms with van der Waals surface area (Å²) in [6, 6.07) is 1.69. The third-order valence-electron chi connectivity index (χ3n) is 2.50. The highest BCUT2D eigenvalue weighted by atomic mass is 16.5. The summed E-state index contributed by atoms with van der Waals surface area (Å²) in [5, 5.41) is 12.7. The van der Waals surface area contributed by atoms with Crippen molar-refractivity contribution in [3.8, 4) is 0 Å². The van der Waals surface area contributed by atoms with Gasteiger partial charge in [0.15, 0.2) is 5.82 Å². The van der Waals surface area contributed by atoms with E-state index in [0.717, 1.165) is 12.8 Å². The van der Waals surface area contributed by atoms with Crippen LogP contribution in [0.25, 0.3) is 0 Å². The SMILES string of the molecule is CCCC(O)CNc1cc(NN)nc(COCC)n1. The van der Waals surface area contributed by atoms with Gasteiger partial charge in [0, 0.05) is 19.2 Å². The number of aliphatic hydroxyl groups is 1. The van der Waals surface area contributed by atoms with E-state index in [-0.39, 0.29) is 6.10 Å². The Morgan fingerprint density at radius 1 is 1.37 bits per heavy atom. The van der Waals surface area contributed by atoms with Crippen LogP contribution in [0.5, 0.6) is 0 Å². The maximum absolute atomic E-state index is 9.68. The van der Waals surface area contributed by atoms with Crippen LogP contribution >= 0.6 is 0 Å². The quantitative estimate of drug-likeness (QED) is 0.389. The van der Waals surface area contributed by atoms with Gasteiger partial charge >= 0.3 is 0 Å². The molecule has 7 heteroatoms. The van der Waals surface area contributed by atoms with Gasteiger partial charge in [0.05, 0.1) is 6.10 Å². The fourth-order valence-corrected chi connectivity index (χ4v) is 1.58. The third-order valence-corrected chi connectivity index (χ3v) is 2.50. The largest absolute Gasteiger partial charge is 0.391 e. The lowest BCUT2D eigenvalue weighted by atomic mass is 10.2. The second-order valence-corrected chi connectivity index (χ2v) is 4.16. The predicted octanol–water partition coefficient (Wildman–Crippen LogP) is 0.872. The van der Waals surface area contributed by atoms with Gasteiger partial charge in [-0.05, 0) is 13.3 Å². The topological polar surface area (TPSA) is 105 Å². The van der Waals surface area contributed by atoms with E-state index in [0.29, 0.717) is 37.2 Å². The summed E-state index contributed by atoms with van der Waals surface area (Å²) in [7, 11) is 0. The van der Waals surface area contributed by atoms with Gasteiger partial charge in [-0.25, -0.2) is 15.8 Å². The lowest BCUT2D eigenvalue weighted by Crippen LogP contribution is -2.20. The standard InChI is InChI=1S/C12H23N5O2/c1-3-5-9(18)7-14-10-6-11(17-13)16-12(15-10)8-19-4-2/h6,9,18H,3-5,7-8,13H2,1-2H3,(H2,14,15,16,17). The molecular weight excluding hydrogens is 246 g/mol. The number of hydrazine groups is 1. The number of nitrogen functional groups attached to an aromatic ring is 1. The number of hydrogen-bond acceptors (Lipinski definition) is 7. The van der Waals surface area contributed by atoms with Crippen LogP contribution in [0.15, 0.2) is 6.07 Å². The summed E-state index contributed by atoms with van der Waals surface area (Å²) in [5.41, 5.74) is 2.49. The van der Waals surface area contributed by atoms with Crippen molar-refractivity contribution in [1.82, 2.24) is 9.97 Å². The summed E-state index contributed by atoms with van der Waals surface area (Å²) in [6.07, 6.45) is 1.31. The number of hydrogen-bond donors (Lipinski definition) is 4. The molecule has 0 saturated carbocycles. The number of aromatic nitrogens is 2. The van der Waals surface area contributed by atoms with Crippen molar-refractivity contribution < 1.29 is 9.84 Å². The van der Waals surface area contributed by atoms with E-state index in [1.165, 1.54) is 0 Å². The van der Waals surface area contributed by atoms with Crippen molar-refractivity contribution in [3.63, 3.8) is 0 Å². The molecule has 0 aliphatic rings. The van der Waals surface area contributed by atoms with Crippen LogP contribution in [0.3, 0.4) is 0 Å². The van der Waals surface area contributed by atoms with Gasteiger partial charge < -0.3 is 20.6 Å². The van der Waals surface area contributed by atoms with Gasteiger partial charge in [-0.1, -0.05) is 13.3 Å². The fraction of sp³-hybridized carbons (Fsp3) is 0.667. The Kier molecular flexibility index (Phi) is 7.09.